The molecule has 0 fully saturated rings. The van der Waals surface area contributed by atoms with E-state index in [0.717, 1.165) is 21.1 Å². The van der Waals surface area contributed by atoms with Crippen LogP contribution in [0.15, 0.2) is 35.7 Å². The molecule has 0 saturated carbocycles. The van der Waals surface area contributed by atoms with Crippen LogP contribution in [0, 0.1) is 0 Å². The molecule has 24 heavy (non-hydrogen) atoms. The first-order chi connectivity index (χ1) is 11.7. The maximum atomic E-state index is 12.1. The molecule has 8 heteroatoms. The standard InChI is InChI=1S/C16H18N4O2S2/c1-3-22-11-4-5-12-13(10-11)24-15(18-12)19-14(21)6-9-23-16-17-7-8-20(16)2/h4-5,7-8,10H,3,6,9H2,1-2H3,(H,18,19,21). The van der Waals surface area contributed by atoms with Gasteiger partial charge in [-0.2, -0.15) is 0 Å². The highest BCUT2D eigenvalue weighted by atomic mass is 32.2. The van der Waals surface area contributed by atoms with E-state index in [2.05, 4.69) is 15.3 Å². The number of rotatable bonds is 7. The zero-order valence-corrected chi connectivity index (χ0v) is 15.1. The lowest BCUT2D eigenvalue weighted by molar-refractivity contribution is -0.115. The summed E-state index contributed by atoms with van der Waals surface area (Å²) in [6, 6.07) is 5.74. The molecule has 0 atom stereocenters. The highest BCUT2D eigenvalue weighted by Crippen LogP contribution is 2.29. The number of amides is 1. The molecule has 0 aliphatic heterocycles. The van der Waals surface area contributed by atoms with Crippen LogP contribution in [0.3, 0.4) is 0 Å². The zero-order valence-electron chi connectivity index (χ0n) is 13.5. The number of ether oxygens (including phenoxy) is 1. The van der Waals surface area contributed by atoms with Crippen LogP contribution in [0.2, 0.25) is 0 Å². The number of aromatic nitrogens is 3. The van der Waals surface area contributed by atoms with Crippen LogP contribution >= 0.6 is 23.1 Å². The molecule has 3 aromatic rings. The number of aryl methyl sites for hydroxylation is 1. The maximum absolute atomic E-state index is 12.1. The first-order valence-corrected chi connectivity index (χ1v) is 9.39. The first kappa shape index (κ1) is 16.8. The zero-order chi connectivity index (χ0) is 16.9. The van der Waals surface area contributed by atoms with Gasteiger partial charge in [-0.15, -0.1) is 0 Å². The number of thioether (sulfide) groups is 1. The van der Waals surface area contributed by atoms with Gasteiger partial charge in [0.05, 0.1) is 16.8 Å². The van der Waals surface area contributed by atoms with E-state index in [1.54, 1.807) is 18.0 Å². The van der Waals surface area contributed by atoms with E-state index in [1.807, 2.05) is 42.9 Å². The Morgan fingerprint density at radius 1 is 1.46 bits per heavy atom. The average Bonchev–Trinajstić information content (AvgIpc) is 3.13. The summed E-state index contributed by atoms with van der Waals surface area (Å²) in [5.41, 5.74) is 0.862. The fourth-order valence-electron chi connectivity index (χ4n) is 2.12. The summed E-state index contributed by atoms with van der Waals surface area (Å²) in [5, 5.41) is 4.39. The first-order valence-electron chi connectivity index (χ1n) is 7.59. The minimum Gasteiger partial charge on any atom is -0.494 e. The third-order valence-electron chi connectivity index (χ3n) is 3.25. The number of anilines is 1. The van der Waals surface area contributed by atoms with Gasteiger partial charge in [-0.1, -0.05) is 23.1 Å². The van der Waals surface area contributed by atoms with Crippen molar-refractivity contribution < 1.29 is 9.53 Å². The summed E-state index contributed by atoms with van der Waals surface area (Å²) >= 11 is 3.02. The fourth-order valence-corrected chi connectivity index (χ4v) is 3.90. The molecule has 0 spiro atoms. The number of carbonyl (C=O) groups excluding carboxylic acids is 1. The Bertz CT molecular complexity index is 844. The second kappa shape index (κ2) is 7.67. The van der Waals surface area contributed by atoms with E-state index in [9.17, 15) is 4.79 Å². The number of imidazole rings is 1. The molecule has 0 bridgehead atoms. The Morgan fingerprint density at radius 3 is 3.08 bits per heavy atom. The van der Waals surface area contributed by atoms with E-state index in [1.165, 1.54) is 11.3 Å². The summed E-state index contributed by atoms with van der Waals surface area (Å²) in [6.45, 7) is 2.58. The number of hydrogen-bond donors (Lipinski definition) is 1. The number of fused-ring (bicyclic) bond motifs is 1. The van der Waals surface area contributed by atoms with Crippen molar-refractivity contribution in [1.29, 1.82) is 0 Å². The third kappa shape index (κ3) is 4.07. The summed E-state index contributed by atoms with van der Waals surface area (Å²) in [5.74, 6) is 1.45. The largest absolute Gasteiger partial charge is 0.494 e. The van der Waals surface area contributed by atoms with Crippen LogP contribution in [0.25, 0.3) is 10.2 Å². The topological polar surface area (TPSA) is 69.0 Å². The van der Waals surface area contributed by atoms with Gasteiger partial charge >= 0.3 is 0 Å². The van der Waals surface area contributed by atoms with Gasteiger partial charge in [-0.05, 0) is 25.1 Å². The highest BCUT2D eigenvalue weighted by molar-refractivity contribution is 7.99. The quantitative estimate of drug-likeness (QED) is 0.651. The van der Waals surface area contributed by atoms with Gasteiger partial charge < -0.3 is 14.6 Å². The van der Waals surface area contributed by atoms with Crippen molar-refractivity contribution in [1.82, 2.24) is 14.5 Å². The van der Waals surface area contributed by atoms with Crippen molar-refractivity contribution in [3.05, 3.63) is 30.6 Å². The van der Waals surface area contributed by atoms with Crippen LogP contribution in [0.5, 0.6) is 5.75 Å². The number of carbonyl (C=O) groups is 1. The summed E-state index contributed by atoms with van der Waals surface area (Å²) in [6.07, 6.45) is 4.05. The van der Waals surface area contributed by atoms with Crippen molar-refractivity contribution in [2.75, 3.05) is 17.7 Å². The van der Waals surface area contributed by atoms with Crippen molar-refractivity contribution in [3.63, 3.8) is 0 Å². The van der Waals surface area contributed by atoms with Gasteiger partial charge in [0.2, 0.25) is 5.91 Å². The van der Waals surface area contributed by atoms with E-state index in [0.29, 0.717) is 23.9 Å². The Morgan fingerprint density at radius 2 is 2.33 bits per heavy atom. The summed E-state index contributed by atoms with van der Waals surface area (Å²) in [7, 11) is 1.94. The molecule has 126 valence electrons. The third-order valence-corrected chi connectivity index (χ3v) is 5.25. The van der Waals surface area contributed by atoms with Gasteiger partial charge in [0.15, 0.2) is 10.3 Å². The van der Waals surface area contributed by atoms with E-state index >= 15 is 0 Å². The number of nitrogens with one attached hydrogen (secondary N) is 1. The Hall–Kier alpha value is -2.06. The molecule has 1 aromatic carbocycles. The van der Waals surface area contributed by atoms with Crippen LogP contribution in [-0.2, 0) is 11.8 Å². The predicted molar refractivity (Wildman–Crippen MR) is 98.0 cm³/mol. The molecule has 0 aliphatic rings. The molecule has 1 amide bonds. The molecule has 2 aromatic heterocycles. The van der Waals surface area contributed by atoms with Crippen molar-refractivity contribution in [2.24, 2.45) is 7.05 Å². The Kier molecular flexibility index (Phi) is 5.37. The van der Waals surface area contributed by atoms with Crippen molar-refractivity contribution in [3.8, 4) is 5.75 Å². The lowest BCUT2D eigenvalue weighted by Gasteiger charge is -2.02. The van der Waals surface area contributed by atoms with E-state index in [4.69, 9.17) is 4.74 Å². The summed E-state index contributed by atoms with van der Waals surface area (Å²) in [4.78, 5) is 20.7. The lowest BCUT2D eigenvalue weighted by Crippen LogP contribution is -2.12. The number of hydrogen-bond acceptors (Lipinski definition) is 6. The van der Waals surface area contributed by atoms with Gasteiger partial charge in [0.1, 0.15) is 5.75 Å². The number of benzene rings is 1. The van der Waals surface area contributed by atoms with E-state index in [-0.39, 0.29) is 5.91 Å². The van der Waals surface area contributed by atoms with Crippen LogP contribution in [-0.4, -0.2) is 32.8 Å². The maximum Gasteiger partial charge on any atom is 0.226 e. The van der Waals surface area contributed by atoms with E-state index < -0.39 is 0 Å². The minimum absolute atomic E-state index is 0.0409. The molecule has 0 aliphatic carbocycles. The monoisotopic (exact) mass is 362 g/mol. The van der Waals surface area contributed by atoms with Gasteiger partial charge in [-0.3, -0.25) is 4.79 Å². The smallest absolute Gasteiger partial charge is 0.226 e. The molecular formula is C16H18N4O2S2. The van der Waals surface area contributed by atoms with Crippen molar-refractivity contribution >= 4 is 44.4 Å². The molecule has 3 rings (SSSR count). The molecule has 1 N–H and O–H groups in total. The number of nitrogens with zero attached hydrogens (tertiary/aromatic N) is 3. The SMILES string of the molecule is CCOc1ccc2nc(NC(=O)CCSc3nccn3C)sc2c1. The normalized spacial score (nSPS) is 10.9. The molecule has 2 heterocycles. The van der Waals surface area contributed by atoms with Crippen LogP contribution < -0.4 is 10.1 Å². The van der Waals surface area contributed by atoms with Gasteiger partial charge in [0, 0.05) is 31.6 Å². The number of thiazole rings is 1. The van der Waals surface area contributed by atoms with Gasteiger partial charge in [0.25, 0.3) is 0 Å². The van der Waals surface area contributed by atoms with Gasteiger partial charge in [-0.25, -0.2) is 9.97 Å². The molecule has 6 nitrogen and oxygen atoms in total. The predicted octanol–water partition coefficient (Wildman–Crippen LogP) is 3.55. The lowest BCUT2D eigenvalue weighted by atomic mass is 10.3. The average molecular weight is 362 g/mol. The second-order valence-electron chi connectivity index (χ2n) is 5.05. The second-order valence-corrected chi connectivity index (χ2v) is 7.14. The molecular weight excluding hydrogens is 344 g/mol. The minimum atomic E-state index is -0.0409. The molecule has 0 unspecified atom stereocenters. The molecule has 0 radical (unpaired) electrons. The Labute approximate surface area is 148 Å². The Balaban J connectivity index is 1.56. The van der Waals surface area contributed by atoms with Crippen molar-refractivity contribution in [2.45, 2.75) is 18.5 Å². The summed E-state index contributed by atoms with van der Waals surface area (Å²) < 4.78 is 8.42. The van der Waals surface area contributed by atoms with Crippen LogP contribution in [0.4, 0.5) is 5.13 Å². The molecule has 0 saturated heterocycles. The van der Waals surface area contributed by atoms with Crippen LogP contribution in [0.1, 0.15) is 13.3 Å². The highest BCUT2D eigenvalue weighted by Gasteiger charge is 2.09. The fraction of sp³-hybridized carbons (Fsp3) is 0.312.